The summed E-state index contributed by atoms with van der Waals surface area (Å²) in [4.78, 5) is 13.9. The van der Waals surface area contributed by atoms with Crippen LogP contribution in [0.3, 0.4) is 0 Å². The molecule has 0 aliphatic carbocycles. The lowest BCUT2D eigenvalue weighted by Crippen LogP contribution is -2.25. The van der Waals surface area contributed by atoms with Crippen LogP contribution in [0.2, 0.25) is 0 Å². The molecule has 0 spiro atoms. The number of anilines is 3. The number of hydrogen-bond donors (Lipinski definition) is 0. The molecule has 0 saturated carbocycles. The van der Waals surface area contributed by atoms with Gasteiger partial charge in [-0.2, -0.15) is 0 Å². The Morgan fingerprint density at radius 1 is 0.769 bits per heavy atom. The Bertz CT molecular complexity index is 818. The Hall–Kier alpha value is -2.88. The Balaban J connectivity index is 1.93. The van der Waals surface area contributed by atoms with E-state index in [9.17, 15) is 0 Å². The zero-order valence-corrected chi connectivity index (χ0v) is 15.8. The molecule has 4 nitrogen and oxygen atoms in total. The monoisotopic (exact) mass is 346 g/mol. The van der Waals surface area contributed by atoms with Crippen molar-refractivity contribution >= 4 is 17.3 Å². The molecule has 2 aromatic carbocycles. The van der Waals surface area contributed by atoms with Gasteiger partial charge in [0.25, 0.3) is 0 Å². The van der Waals surface area contributed by atoms with Crippen LogP contribution in [0.25, 0.3) is 0 Å². The lowest BCUT2D eigenvalue weighted by atomic mass is 10.2. The topological polar surface area (TPSA) is 32.3 Å². The van der Waals surface area contributed by atoms with Crippen molar-refractivity contribution in [2.75, 3.05) is 22.9 Å². The van der Waals surface area contributed by atoms with Crippen molar-refractivity contribution in [1.82, 2.24) is 9.97 Å². The normalized spacial score (nSPS) is 10.6. The van der Waals surface area contributed by atoms with Crippen LogP contribution in [0.5, 0.6) is 0 Å². The molecule has 0 radical (unpaired) electrons. The van der Waals surface area contributed by atoms with E-state index in [4.69, 9.17) is 9.97 Å². The predicted octanol–water partition coefficient (Wildman–Crippen LogP) is 4.97. The Kier molecular flexibility index (Phi) is 5.84. The molecule has 0 unspecified atom stereocenters. The highest BCUT2D eigenvalue weighted by Gasteiger charge is 2.14. The quantitative estimate of drug-likeness (QED) is 0.604. The highest BCUT2D eigenvalue weighted by molar-refractivity contribution is 5.62. The summed E-state index contributed by atoms with van der Waals surface area (Å²) in [6.45, 7) is 8.85. The smallest absolute Gasteiger partial charge is 0.138 e. The number of hydrogen-bond acceptors (Lipinski definition) is 4. The predicted molar refractivity (Wildman–Crippen MR) is 109 cm³/mol. The minimum atomic E-state index is 0.790. The molecule has 0 bridgehead atoms. The Labute approximate surface area is 156 Å². The largest absolute Gasteiger partial charge is 0.352 e. The molecule has 0 atom stereocenters. The second-order valence-corrected chi connectivity index (χ2v) is 6.21. The summed E-state index contributed by atoms with van der Waals surface area (Å²) in [5, 5.41) is 0. The molecular formula is C22H26N4. The van der Waals surface area contributed by atoms with Crippen LogP contribution < -0.4 is 9.80 Å². The summed E-state index contributed by atoms with van der Waals surface area (Å²) in [5.74, 6) is 2.69. The maximum Gasteiger partial charge on any atom is 0.138 e. The third kappa shape index (κ3) is 4.20. The van der Waals surface area contributed by atoms with Gasteiger partial charge in [-0.05, 0) is 38.5 Å². The zero-order chi connectivity index (χ0) is 18.4. The first-order valence-electron chi connectivity index (χ1n) is 9.18. The fourth-order valence-electron chi connectivity index (χ4n) is 3.08. The maximum absolute atomic E-state index is 4.70. The van der Waals surface area contributed by atoms with E-state index in [2.05, 4.69) is 78.2 Å². The molecule has 3 rings (SSSR count). The minimum absolute atomic E-state index is 0.790. The van der Waals surface area contributed by atoms with Gasteiger partial charge in [-0.15, -0.1) is 0 Å². The first-order chi connectivity index (χ1) is 12.7. The third-order valence-electron chi connectivity index (χ3n) is 4.39. The summed E-state index contributed by atoms with van der Waals surface area (Å²) < 4.78 is 0. The van der Waals surface area contributed by atoms with Crippen molar-refractivity contribution in [3.05, 3.63) is 78.1 Å². The van der Waals surface area contributed by atoms with Crippen molar-refractivity contribution in [2.24, 2.45) is 0 Å². The van der Waals surface area contributed by atoms with Crippen molar-refractivity contribution in [3.8, 4) is 0 Å². The molecule has 3 aromatic rings. The van der Waals surface area contributed by atoms with E-state index in [-0.39, 0.29) is 0 Å². The van der Waals surface area contributed by atoms with E-state index in [1.165, 1.54) is 5.56 Å². The van der Waals surface area contributed by atoms with Gasteiger partial charge in [0.15, 0.2) is 0 Å². The summed E-state index contributed by atoms with van der Waals surface area (Å²) >= 11 is 0. The molecule has 1 aromatic heterocycles. The SMILES string of the molecule is CCN(Cc1ccccc1)c1cc(N(CC)c2ccccc2)nc(C)n1. The van der Waals surface area contributed by atoms with E-state index in [1.807, 2.05) is 19.1 Å². The van der Waals surface area contributed by atoms with Crippen LogP contribution in [0.1, 0.15) is 25.2 Å². The van der Waals surface area contributed by atoms with E-state index < -0.39 is 0 Å². The molecule has 1 heterocycles. The van der Waals surface area contributed by atoms with Crippen LogP contribution >= 0.6 is 0 Å². The molecule has 0 fully saturated rings. The van der Waals surface area contributed by atoms with Crippen LogP contribution in [-0.2, 0) is 6.54 Å². The van der Waals surface area contributed by atoms with E-state index in [0.29, 0.717) is 0 Å². The van der Waals surface area contributed by atoms with Crippen LogP contribution in [0.15, 0.2) is 66.7 Å². The highest BCUT2D eigenvalue weighted by atomic mass is 15.2. The second-order valence-electron chi connectivity index (χ2n) is 6.21. The van der Waals surface area contributed by atoms with Crippen LogP contribution in [0, 0.1) is 6.92 Å². The molecule has 0 amide bonds. The molecule has 0 aliphatic heterocycles. The summed E-state index contributed by atoms with van der Waals surface area (Å²) in [5.41, 5.74) is 2.42. The lowest BCUT2D eigenvalue weighted by Gasteiger charge is -2.26. The molecule has 0 saturated heterocycles. The summed E-state index contributed by atoms with van der Waals surface area (Å²) in [7, 11) is 0. The van der Waals surface area contributed by atoms with Gasteiger partial charge >= 0.3 is 0 Å². The minimum Gasteiger partial charge on any atom is -0.352 e. The first-order valence-corrected chi connectivity index (χ1v) is 9.18. The molecule has 4 heteroatoms. The average Bonchev–Trinajstić information content (AvgIpc) is 2.68. The first kappa shape index (κ1) is 17.9. The zero-order valence-electron chi connectivity index (χ0n) is 15.8. The highest BCUT2D eigenvalue weighted by Crippen LogP contribution is 2.26. The summed E-state index contributed by atoms with van der Waals surface area (Å²) in [6.07, 6.45) is 0. The lowest BCUT2D eigenvalue weighted by molar-refractivity contribution is 0.802. The van der Waals surface area contributed by atoms with Gasteiger partial charge in [-0.25, -0.2) is 9.97 Å². The number of benzene rings is 2. The van der Waals surface area contributed by atoms with Gasteiger partial charge in [0.1, 0.15) is 17.5 Å². The Morgan fingerprint density at radius 3 is 2.00 bits per heavy atom. The number of para-hydroxylation sites is 1. The van der Waals surface area contributed by atoms with E-state index in [1.54, 1.807) is 0 Å². The van der Waals surface area contributed by atoms with E-state index in [0.717, 1.165) is 42.8 Å². The molecule has 134 valence electrons. The van der Waals surface area contributed by atoms with Gasteiger partial charge in [-0.1, -0.05) is 48.5 Å². The van der Waals surface area contributed by atoms with Crippen molar-refractivity contribution in [3.63, 3.8) is 0 Å². The number of aryl methyl sites for hydroxylation is 1. The molecule has 0 aliphatic rings. The second kappa shape index (κ2) is 8.48. The standard InChI is InChI=1S/C22H26N4/c1-4-25(17-19-12-8-6-9-13-19)21-16-22(24-18(3)23-21)26(5-2)20-14-10-7-11-15-20/h6-16H,4-5,17H2,1-3H3. The molecule has 0 N–H and O–H groups in total. The number of aromatic nitrogens is 2. The van der Waals surface area contributed by atoms with Gasteiger partial charge < -0.3 is 9.80 Å². The van der Waals surface area contributed by atoms with Crippen molar-refractivity contribution in [1.29, 1.82) is 0 Å². The van der Waals surface area contributed by atoms with Crippen molar-refractivity contribution < 1.29 is 0 Å². The fourth-order valence-corrected chi connectivity index (χ4v) is 3.08. The molecular weight excluding hydrogens is 320 g/mol. The average molecular weight is 346 g/mol. The summed E-state index contributed by atoms with van der Waals surface area (Å²) in [6, 6.07) is 23.0. The third-order valence-corrected chi connectivity index (χ3v) is 4.39. The molecule has 26 heavy (non-hydrogen) atoms. The maximum atomic E-state index is 4.70. The number of rotatable bonds is 7. The van der Waals surface area contributed by atoms with Crippen molar-refractivity contribution in [2.45, 2.75) is 27.3 Å². The van der Waals surface area contributed by atoms with Gasteiger partial charge in [-0.3, -0.25) is 0 Å². The number of nitrogens with zero attached hydrogens (tertiary/aromatic N) is 4. The van der Waals surface area contributed by atoms with Gasteiger partial charge in [0, 0.05) is 31.4 Å². The van der Waals surface area contributed by atoms with Crippen LogP contribution in [-0.4, -0.2) is 23.1 Å². The Morgan fingerprint density at radius 2 is 1.38 bits per heavy atom. The fraction of sp³-hybridized carbons (Fsp3) is 0.273. The van der Waals surface area contributed by atoms with Gasteiger partial charge in [0.2, 0.25) is 0 Å². The van der Waals surface area contributed by atoms with E-state index >= 15 is 0 Å². The van der Waals surface area contributed by atoms with Gasteiger partial charge in [0.05, 0.1) is 0 Å². The van der Waals surface area contributed by atoms with Crippen LogP contribution in [0.4, 0.5) is 17.3 Å².